The number of fused-ring (bicyclic) bond motifs is 2. The predicted molar refractivity (Wildman–Crippen MR) is 106 cm³/mol. The highest BCUT2D eigenvalue weighted by Crippen LogP contribution is 2.36. The zero-order chi connectivity index (χ0) is 18.4. The van der Waals surface area contributed by atoms with E-state index in [0.717, 1.165) is 25.1 Å². The fourth-order valence-electron chi connectivity index (χ4n) is 4.38. The Bertz CT molecular complexity index is 1040. The van der Waals surface area contributed by atoms with Crippen LogP contribution in [0.25, 0.3) is 0 Å². The van der Waals surface area contributed by atoms with Gasteiger partial charge in [-0.15, -0.1) is 0 Å². The number of rotatable bonds is 2. The van der Waals surface area contributed by atoms with E-state index in [9.17, 15) is 4.79 Å². The summed E-state index contributed by atoms with van der Waals surface area (Å²) in [6.07, 6.45) is 4.06. The molecule has 5 rings (SSSR count). The quantitative estimate of drug-likeness (QED) is 0.684. The van der Waals surface area contributed by atoms with E-state index in [0.29, 0.717) is 17.9 Å². The summed E-state index contributed by atoms with van der Waals surface area (Å²) in [5.74, 6) is 1.05. The Labute approximate surface area is 158 Å². The van der Waals surface area contributed by atoms with E-state index in [4.69, 9.17) is 4.98 Å². The molecule has 1 aliphatic heterocycles. The van der Waals surface area contributed by atoms with Crippen LogP contribution in [-0.4, -0.2) is 22.3 Å². The zero-order valence-electron chi connectivity index (χ0n) is 15.4. The van der Waals surface area contributed by atoms with Crippen molar-refractivity contribution in [2.75, 3.05) is 11.4 Å². The van der Waals surface area contributed by atoms with Crippen LogP contribution in [0.2, 0.25) is 0 Å². The predicted octanol–water partition coefficient (Wildman–Crippen LogP) is 4.39. The highest BCUT2D eigenvalue weighted by atomic mass is 16.1. The number of Topliss-reactive ketones (excluding diaryl/α,β-unsaturated/α-hetero) is 1. The number of aromatic nitrogens is 2. The average Bonchev–Trinajstić information content (AvgIpc) is 3.12. The van der Waals surface area contributed by atoms with Gasteiger partial charge < -0.3 is 4.90 Å². The Hall–Kier alpha value is -3.01. The molecule has 1 atom stereocenters. The lowest BCUT2D eigenvalue weighted by Gasteiger charge is -2.26. The molecule has 0 saturated heterocycles. The summed E-state index contributed by atoms with van der Waals surface area (Å²) in [7, 11) is 0. The first-order chi connectivity index (χ1) is 13.2. The van der Waals surface area contributed by atoms with E-state index >= 15 is 0 Å². The van der Waals surface area contributed by atoms with Gasteiger partial charge in [-0.3, -0.25) is 4.79 Å². The lowest BCUT2D eigenvalue weighted by atomic mass is 9.81. The average molecular weight is 355 g/mol. The molecule has 2 aliphatic rings. The zero-order valence-corrected chi connectivity index (χ0v) is 15.4. The van der Waals surface area contributed by atoms with Gasteiger partial charge in [0.15, 0.2) is 5.78 Å². The summed E-state index contributed by atoms with van der Waals surface area (Å²) < 4.78 is 0. The maximum absolute atomic E-state index is 12.7. The van der Waals surface area contributed by atoms with Gasteiger partial charge >= 0.3 is 0 Å². The molecule has 0 spiro atoms. The Balaban J connectivity index is 1.51. The van der Waals surface area contributed by atoms with Crippen LogP contribution in [0.5, 0.6) is 0 Å². The minimum Gasteiger partial charge on any atom is -0.310 e. The van der Waals surface area contributed by atoms with E-state index < -0.39 is 0 Å². The molecule has 4 heteroatoms. The molecular formula is C23H21N3O. The van der Waals surface area contributed by atoms with Crippen molar-refractivity contribution in [3.05, 3.63) is 82.7 Å². The number of hydrogen-bond donors (Lipinski definition) is 0. The SMILES string of the molecule is Cc1ccccc1[C@H]1CC(=O)c2cnc(N3CCc4ccccc43)nc2C1. The smallest absolute Gasteiger partial charge is 0.230 e. The number of ketones is 1. The molecule has 2 heterocycles. The fourth-order valence-corrected chi connectivity index (χ4v) is 4.38. The van der Waals surface area contributed by atoms with Crippen LogP contribution >= 0.6 is 0 Å². The molecule has 134 valence electrons. The monoisotopic (exact) mass is 355 g/mol. The number of hydrogen-bond acceptors (Lipinski definition) is 4. The van der Waals surface area contributed by atoms with Crippen molar-refractivity contribution < 1.29 is 4.79 Å². The van der Waals surface area contributed by atoms with Crippen LogP contribution in [-0.2, 0) is 12.8 Å². The topological polar surface area (TPSA) is 46.1 Å². The molecular weight excluding hydrogens is 334 g/mol. The van der Waals surface area contributed by atoms with Crippen molar-refractivity contribution >= 4 is 17.4 Å². The number of anilines is 2. The number of benzene rings is 2. The van der Waals surface area contributed by atoms with E-state index in [1.54, 1.807) is 6.20 Å². The second-order valence-electron chi connectivity index (χ2n) is 7.45. The lowest BCUT2D eigenvalue weighted by Crippen LogP contribution is -2.24. The normalized spacial score (nSPS) is 18.3. The van der Waals surface area contributed by atoms with Crippen molar-refractivity contribution in [3.63, 3.8) is 0 Å². The Kier molecular flexibility index (Phi) is 3.78. The van der Waals surface area contributed by atoms with Crippen LogP contribution in [0, 0.1) is 6.92 Å². The molecule has 0 bridgehead atoms. The molecule has 2 aromatic carbocycles. The fraction of sp³-hybridized carbons (Fsp3) is 0.261. The summed E-state index contributed by atoms with van der Waals surface area (Å²) in [6.45, 7) is 3.00. The Morgan fingerprint density at radius 1 is 1.04 bits per heavy atom. The molecule has 0 saturated carbocycles. The van der Waals surface area contributed by atoms with Gasteiger partial charge in [0.05, 0.1) is 11.3 Å². The highest BCUT2D eigenvalue weighted by molar-refractivity contribution is 5.98. The molecule has 0 fully saturated rings. The summed E-state index contributed by atoms with van der Waals surface area (Å²) in [5, 5.41) is 0. The first kappa shape index (κ1) is 16.2. The minimum absolute atomic E-state index is 0.151. The second kappa shape index (κ2) is 6.31. The van der Waals surface area contributed by atoms with Crippen molar-refractivity contribution in [1.82, 2.24) is 9.97 Å². The molecule has 3 aromatic rings. The van der Waals surface area contributed by atoms with Gasteiger partial charge in [-0.25, -0.2) is 9.97 Å². The summed E-state index contributed by atoms with van der Waals surface area (Å²) in [4.78, 5) is 24.3. The lowest BCUT2D eigenvalue weighted by molar-refractivity contribution is 0.0962. The Morgan fingerprint density at radius 2 is 1.85 bits per heavy atom. The standard InChI is InChI=1S/C23H21N3O/c1-15-6-2-4-8-18(15)17-12-20-19(22(27)13-17)14-24-23(25-20)26-11-10-16-7-3-5-9-21(16)26/h2-9,14,17H,10-13H2,1H3/t17-/m1/s1. The molecule has 0 unspecified atom stereocenters. The summed E-state index contributed by atoms with van der Waals surface area (Å²) in [6, 6.07) is 16.7. The first-order valence-electron chi connectivity index (χ1n) is 9.51. The van der Waals surface area contributed by atoms with Crippen LogP contribution in [0.1, 0.15) is 45.1 Å². The first-order valence-corrected chi connectivity index (χ1v) is 9.51. The van der Waals surface area contributed by atoms with Gasteiger partial charge in [-0.2, -0.15) is 0 Å². The molecule has 0 radical (unpaired) electrons. The van der Waals surface area contributed by atoms with Crippen LogP contribution < -0.4 is 4.90 Å². The second-order valence-corrected chi connectivity index (χ2v) is 7.45. The number of carbonyl (C=O) groups is 1. The molecule has 1 aliphatic carbocycles. The van der Waals surface area contributed by atoms with Crippen LogP contribution in [0.15, 0.2) is 54.7 Å². The van der Waals surface area contributed by atoms with Crippen molar-refractivity contribution in [1.29, 1.82) is 0 Å². The minimum atomic E-state index is 0.151. The maximum atomic E-state index is 12.7. The molecule has 0 N–H and O–H groups in total. The van der Waals surface area contributed by atoms with Gasteiger partial charge in [0.25, 0.3) is 0 Å². The maximum Gasteiger partial charge on any atom is 0.230 e. The Morgan fingerprint density at radius 3 is 2.74 bits per heavy atom. The van der Waals surface area contributed by atoms with Gasteiger partial charge in [-0.05, 0) is 48.4 Å². The van der Waals surface area contributed by atoms with Gasteiger partial charge in [-0.1, -0.05) is 42.5 Å². The summed E-state index contributed by atoms with van der Waals surface area (Å²) in [5.41, 5.74) is 6.57. The van der Waals surface area contributed by atoms with Crippen molar-refractivity contribution in [2.24, 2.45) is 0 Å². The summed E-state index contributed by atoms with van der Waals surface area (Å²) >= 11 is 0. The third-order valence-electron chi connectivity index (χ3n) is 5.78. The van der Waals surface area contributed by atoms with E-state index in [-0.39, 0.29) is 11.7 Å². The van der Waals surface area contributed by atoms with Crippen molar-refractivity contribution in [2.45, 2.75) is 32.1 Å². The molecule has 27 heavy (non-hydrogen) atoms. The van der Waals surface area contributed by atoms with Gasteiger partial charge in [0, 0.05) is 24.8 Å². The van der Waals surface area contributed by atoms with Gasteiger partial charge in [0.1, 0.15) is 0 Å². The molecule has 0 amide bonds. The third-order valence-corrected chi connectivity index (χ3v) is 5.78. The number of nitrogens with zero attached hydrogens (tertiary/aromatic N) is 3. The van der Waals surface area contributed by atoms with Crippen LogP contribution in [0.4, 0.5) is 11.6 Å². The highest BCUT2D eigenvalue weighted by Gasteiger charge is 2.30. The molecule has 4 nitrogen and oxygen atoms in total. The number of carbonyl (C=O) groups excluding carboxylic acids is 1. The van der Waals surface area contributed by atoms with Gasteiger partial charge in [0.2, 0.25) is 5.95 Å². The largest absolute Gasteiger partial charge is 0.310 e. The van der Waals surface area contributed by atoms with E-state index in [2.05, 4.69) is 53.2 Å². The number of para-hydroxylation sites is 1. The van der Waals surface area contributed by atoms with E-state index in [1.807, 2.05) is 12.1 Å². The number of aryl methyl sites for hydroxylation is 1. The molecule has 1 aromatic heterocycles. The van der Waals surface area contributed by atoms with Crippen molar-refractivity contribution in [3.8, 4) is 0 Å². The van der Waals surface area contributed by atoms with E-state index in [1.165, 1.54) is 22.4 Å². The third kappa shape index (κ3) is 2.72. The van der Waals surface area contributed by atoms with Crippen LogP contribution in [0.3, 0.4) is 0 Å².